The maximum absolute atomic E-state index is 10.9. The monoisotopic (exact) mass is 198 g/mol. The van der Waals surface area contributed by atoms with Crippen molar-refractivity contribution in [1.29, 1.82) is 10.5 Å². The lowest BCUT2D eigenvalue weighted by molar-refractivity contribution is -0.128. The van der Waals surface area contributed by atoms with Crippen molar-refractivity contribution < 1.29 is 9.53 Å². The molecule has 0 saturated heterocycles. The Kier molecular flexibility index (Phi) is 3.21. The molecule has 4 nitrogen and oxygen atoms in total. The van der Waals surface area contributed by atoms with Gasteiger partial charge in [0, 0.05) is 6.08 Å². The predicted octanol–water partition coefficient (Wildman–Crippen LogP) is 1.52. The van der Waals surface area contributed by atoms with E-state index < -0.39 is 5.97 Å². The minimum absolute atomic E-state index is 0.0511. The molecule has 0 radical (unpaired) electrons. The largest absolute Gasteiger partial charge is 0.422 e. The van der Waals surface area contributed by atoms with E-state index in [1.165, 1.54) is 18.2 Å². The Morgan fingerprint density at radius 2 is 2.13 bits per heavy atom. The Balaban J connectivity index is 3.20. The minimum Gasteiger partial charge on any atom is -0.422 e. The zero-order valence-corrected chi connectivity index (χ0v) is 7.73. The molecule has 0 aliphatic rings. The second kappa shape index (κ2) is 4.59. The van der Waals surface area contributed by atoms with E-state index in [2.05, 4.69) is 6.58 Å². The maximum Gasteiger partial charge on any atom is 0.335 e. The SMILES string of the molecule is C=CC(=O)Oc1cccc(C#N)c1C#N. The molecule has 1 aromatic rings. The van der Waals surface area contributed by atoms with Crippen molar-refractivity contribution in [3.63, 3.8) is 0 Å². The molecule has 0 fully saturated rings. The number of esters is 1. The standard InChI is InChI=1S/C11H6N2O2/c1-2-11(14)15-10-5-3-4-8(6-12)9(10)7-13/h2-5H,1H2. The highest BCUT2D eigenvalue weighted by molar-refractivity contribution is 5.84. The molecular formula is C11H6N2O2. The first-order valence-corrected chi connectivity index (χ1v) is 4.00. The lowest BCUT2D eigenvalue weighted by Gasteiger charge is -2.03. The molecule has 1 aromatic carbocycles. The van der Waals surface area contributed by atoms with Crippen molar-refractivity contribution >= 4 is 5.97 Å². The lowest BCUT2D eigenvalue weighted by Crippen LogP contribution is -2.05. The highest BCUT2D eigenvalue weighted by atomic mass is 16.5. The summed E-state index contributed by atoms with van der Waals surface area (Å²) in [6.07, 6.45) is 0.986. The quantitative estimate of drug-likeness (QED) is 0.410. The van der Waals surface area contributed by atoms with Crippen molar-refractivity contribution in [3.05, 3.63) is 42.0 Å². The molecule has 0 aromatic heterocycles. The fraction of sp³-hybridized carbons (Fsp3) is 0. The Hall–Kier alpha value is -2.59. The van der Waals surface area contributed by atoms with E-state index >= 15 is 0 Å². The first kappa shape index (κ1) is 10.5. The highest BCUT2D eigenvalue weighted by Crippen LogP contribution is 2.21. The number of nitrogens with zero attached hydrogens (tertiary/aromatic N) is 2. The number of benzene rings is 1. The summed E-state index contributed by atoms with van der Waals surface area (Å²) in [5.41, 5.74) is 0.224. The molecule has 0 unspecified atom stereocenters. The van der Waals surface area contributed by atoms with Gasteiger partial charge in [0.25, 0.3) is 0 Å². The van der Waals surface area contributed by atoms with E-state index in [1.54, 1.807) is 0 Å². The van der Waals surface area contributed by atoms with Gasteiger partial charge in [0.15, 0.2) is 0 Å². The van der Waals surface area contributed by atoms with Gasteiger partial charge in [-0.3, -0.25) is 0 Å². The summed E-state index contributed by atoms with van der Waals surface area (Å²) in [5.74, 6) is -0.594. The van der Waals surface area contributed by atoms with E-state index in [0.29, 0.717) is 0 Å². The average molecular weight is 198 g/mol. The summed E-state index contributed by atoms with van der Waals surface area (Å²) in [5, 5.41) is 17.5. The third-order valence-electron chi connectivity index (χ3n) is 1.64. The van der Waals surface area contributed by atoms with Gasteiger partial charge in [0.05, 0.1) is 5.56 Å². The van der Waals surface area contributed by atoms with E-state index in [0.717, 1.165) is 6.08 Å². The van der Waals surface area contributed by atoms with Crippen LogP contribution in [0.2, 0.25) is 0 Å². The molecule has 72 valence electrons. The van der Waals surface area contributed by atoms with Gasteiger partial charge in [-0.05, 0) is 12.1 Å². The van der Waals surface area contributed by atoms with Crippen molar-refractivity contribution in [3.8, 4) is 17.9 Å². The van der Waals surface area contributed by atoms with Gasteiger partial charge in [-0.25, -0.2) is 4.79 Å². The maximum atomic E-state index is 10.9. The molecule has 1 rings (SSSR count). The number of carbonyl (C=O) groups is 1. The lowest BCUT2D eigenvalue weighted by atomic mass is 10.1. The average Bonchev–Trinajstić information content (AvgIpc) is 2.28. The van der Waals surface area contributed by atoms with Crippen molar-refractivity contribution in [2.24, 2.45) is 0 Å². The van der Waals surface area contributed by atoms with Gasteiger partial charge in [-0.15, -0.1) is 0 Å². The van der Waals surface area contributed by atoms with Crippen LogP contribution in [0.4, 0.5) is 0 Å². The third kappa shape index (κ3) is 2.20. The molecule has 0 saturated carbocycles. The van der Waals surface area contributed by atoms with Crippen LogP contribution in [0.15, 0.2) is 30.9 Å². The number of ether oxygens (including phenoxy) is 1. The van der Waals surface area contributed by atoms with Gasteiger partial charge >= 0.3 is 5.97 Å². The Morgan fingerprint density at radius 1 is 1.40 bits per heavy atom. The van der Waals surface area contributed by atoms with Gasteiger partial charge in [-0.1, -0.05) is 12.6 Å². The molecule has 0 aliphatic heterocycles. The number of rotatable bonds is 2. The fourth-order valence-electron chi connectivity index (χ4n) is 0.975. The molecule has 0 N–H and O–H groups in total. The first-order chi connectivity index (χ1) is 7.22. The predicted molar refractivity (Wildman–Crippen MR) is 51.7 cm³/mol. The summed E-state index contributed by atoms with van der Waals surface area (Å²) < 4.78 is 4.80. The minimum atomic E-state index is -0.665. The van der Waals surface area contributed by atoms with Gasteiger partial charge in [0.1, 0.15) is 23.5 Å². The van der Waals surface area contributed by atoms with Crippen LogP contribution in [-0.4, -0.2) is 5.97 Å². The Labute approximate surface area is 86.6 Å². The van der Waals surface area contributed by atoms with Crippen LogP contribution in [-0.2, 0) is 4.79 Å². The fourth-order valence-corrected chi connectivity index (χ4v) is 0.975. The number of hydrogen-bond donors (Lipinski definition) is 0. The zero-order chi connectivity index (χ0) is 11.3. The van der Waals surface area contributed by atoms with Gasteiger partial charge < -0.3 is 4.74 Å². The van der Waals surface area contributed by atoms with Crippen LogP contribution in [0, 0.1) is 22.7 Å². The molecule has 0 heterocycles. The molecule has 0 amide bonds. The summed E-state index contributed by atoms with van der Waals surface area (Å²) in [4.78, 5) is 10.9. The molecule has 0 spiro atoms. The molecule has 0 aliphatic carbocycles. The number of hydrogen-bond acceptors (Lipinski definition) is 4. The van der Waals surface area contributed by atoms with Crippen molar-refractivity contribution in [2.75, 3.05) is 0 Å². The van der Waals surface area contributed by atoms with Gasteiger partial charge in [-0.2, -0.15) is 10.5 Å². The molecule has 0 atom stereocenters. The van der Waals surface area contributed by atoms with Crippen molar-refractivity contribution in [1.82, 2.24) is 0 Å². The number of carbonyl (C=O) groups excluding carboxylic acids is 1. The van der Waals surface area contributed by atoms with Crippen LogP contribution >= 0.6 is 0 Å². The topological polar surface area (TPSA) is 73.9 Å². The van der Waals surface area contributed by atoms with Gasteiger partial charge in [0.2, 0.25) is 0 Å². The third-order valence-corrected chi connectivity index (χ3v) is 1.64. The zero-order valence-electron chi connectivity index (χ0n) is 7.73. The molecule has 4 heteroatoms. The summed E-state index contributed by atoms with van der Waals surface area (Å²) in [7, 11) is 0. The normalized spacial score (nSPS) is 8.40. The number of nitriles is 2. The summed E-state index contributed by atoms with van der Waals surface area (Å²) >= 11 is 0. The van der Waals surface area contributed by atoms with Crippen molar-refractivity contribution in [2.45, 2.75) is 0 Å². The molecular weight excluding hydrogens is 192 g/mol. The second-order valence-electron chi connectivity index (χ2n) is 2.53. The Morgan fingerprint density at radius 3 is 2.67 bits per heavy atom. The van der Waals surface area contributed by atoms with E-state index in [1.807, 2.05) is 12.1 Å². The highest BCUT2D eigenvalue weighted by Gasteiger charge is 2.10. The molecule has 0 bridgehead atoms. The molecule has 15 heavy (non-hydrogen) atoms. The summed E-state index contributed by atoms with van der Waals surface area (Å²) in [6.45, 7) is 3.23. The van der Waals surface area contributed by atoms with Crippen LogP contribution in [0.3, 0.4) is 0 Å². The Bertz CT molecular complexity index is 492. The van der Waals surface area contributed by atoms with E-state index in [4.69, 9.17) is 15.3 Å². The summed E-state index contributed by atoms with van der Waals surface area (Å²) in [6, 6.07) is 8.10. The van der Waals surface area contributed by atoms with Crippen LogP contribution in [0.1, 0.15) is 11.1 Å². The van der Waals surface area contributed by atoms with Crippen LogP contribution in [0.25, 0.3) is 0 Å². The first-order valence-electron chi connectivity index (χ1n) is 4.00. The van der Waals surface area contributed by atoms with Crippen LogP contribution < -0.4 is 4.74 Å². The van der Waals surface area contributed by atoms with Crippen LogP contribution in [0.5, 0.6) is 5.75 Å². The smallest absolute Gasteiger partial charge is 0.335 e. The van der Waals surface area contributed by atoms with E-state index in [-0.39, 0.29) is 16.9 Å². The van der Waals surface area contributed by atoms with E-state index in [9.17, 15) is 4.79 Å². The second-order valence-corrected chi connectivity index (χ2v) is 2.53.